The molecule has 0 saturated carbocycles. The van der Waals surface area contributed by atoms with E-state index in [4.69, 9.17) is 0 Å². The molecule has 0 unspecified atom stereocenters. The lowest BCUT2D eigenvalue weighted by Crippen LogP contribution is -2.03. The number of phenolic OH excluding ortho intramolecular Hbond substituents is 1. The molecule has 0 saturated heterocycles. The lowest BCUT2D eigenvalue weighted by atomic mass is 10.0. The number of hydrogen-bond donors (Lipinski definition) is 2. The molecule has 0 radical (unpaired) electrons. The predicted molar refractivity (Wildman–Crippen MR) is 86.4 cm³/mol. The Hall–Kier alpha value is -1.59. The van der Waals surface area contributed by atoms with Gasteiger partial charge in [0.15, 0.2) is 0 Å². The van der Waals surface area contributed by atoms with Crippen molar-refractivity contribution in [3.8, 4) is 5.75 Å². The van der Waals surface area contributed by atoms with Gasteiger partial charge >= 0.3 is 0 Å². The van der Waals surface area contributed by atoms with Gasteiger partial charge in [-0.2, -0.15) is 0 Å². The summed E-state index contributed by atoms with van der Waals surface area (Å²) >= 11 is 6.85. The number of halogens is 2. The van der Waals surface area contributed by atoms with Crippen molar-refractivity contribution < 1.29 is 9.90 Å². The van der Waals surface area contributed by atoms with Crippen LogP contribution in [0.1, 0.15) is 11.1 Å². The largest absolute Gasteiger partial charge is 0.507 e. The van der Waals surface area contributed by atoms with Crippen molar-refractivity contribution in [3.63, 3.8) is 0 Å². The van der Waals surface area contributed by atoms with Crippen LogP contribution < -0.4 is 5.32 Å². The van der Waals surface area contributed by atoms with E-state index in [1.54, 1.807) is 24.3 Å². The van der Waals surface area contributed by atoms with E-state index in [-0.39, 0.29) is 11.7 Å². The number of carbonyl (C=O) groups is 1. The van der Waals surface area contributed by atoms with Crippen molar-refractivity contribution in [3.05, 3.63) is 56.5 Å². The van der Waals surface area contributed by atoms with Crippen LogP contribution in [-0.2, 0) is 4.79 Å². The number of amides is 1. The monoisotopic (exact) mass is 393 g/mol. The first-order valence-corrected chi connectivity index (χ1v) is 7.45. The Morgan fingerprint density at radius 1 is 1.15 bits per heavy atom. The summed E-state index contributed by atoms with van der Waals surface area (Å²) in [7, 11) is 0. The highest BCUT2D eigenvalue weighted by Crippen LogP contribution is 2.40. The molecule has 0 aliphatic carbocycles. The number of anilines is 1. The van der Waals surface area contributed by atoms with Crippen LogP contribution in [0.5, 0.6) is 5.75 Å². The highest BCUT2D eigenvalue weighted by Gasteiger charge is 2.26. The summed E-state index contributed by atoms with van der Waals surface area (Å²) in [5, 5.41) is 12.6. The Morgan fingerprint density at radius 3 is 2.65 bits per heavy atom. The average molecular weight is 395 g/mol. The molecule has 2 aromatic carbocycles. The minimum Gasteiger partial charge on any atom is -0.507 e. The van der Waals surface area contributed by atoms with Gasteiger partial charge in [0.1, 0.15) is 5.75 Å². The third kappa shape index (κ3) is 2.27. The molecule has 100 valence electrons. The summed E-state index contributed by atoms with van der Waals surface area (Å²) in [4.78, 5) is 12.1. The third-order valence-corrected chi connectivity index (χ3v) is 4.15. The zero-order valence-corrected chi connectivity index (χ0v) is 13.3. The maximum atomic E-state index is 12.1. The van der Waals surface area contributed by atoms with Crippen molar-refractivity contribution in [2.45, 2.75) is 0 Å². The standard InChI is InChI=1S/C15H9Br2NO2/c16-9-6-10-11(5-8-3-1-2-4-13(8)19)15(20)18-14(10)12(17)7-9/h1-7,19H,(H,18,20). The number of phenols is 1. The Labute approximate surface area is 132 Å². The van der Waals surface area contributed by atoms with Crippen LogP contribution >= 0.6 is 31.9 Å². The lowest BCUT2D eigenvalue weighted by Gasteiger charge is -2.03. The molecule has 0 bridgehead atoms. The molecule has 5 heteroatoms. The Bertz CT molecular complexity index is 754. The first-order valence-electron chi connectivity index (χ1n) is 5.87. The number of aromatic hydroxyl groups is 1. The molecule has 3 rings (SSSR count). The Kier molecular flexibility index (Phi) is 3.40. The Balaban J connectivity index is 2.18. The number of benzene rings is 2. The minimum atomic E-state index is -0.179. The van der Waals surface area contributed by atoms with Crippen LogP contribution in [0.2, 0.25) is 0 Å². The molecular weight excluding hydrogens is 386 g/mol. The van der Waals surface area contributed by atoms with Gasteiger partial charge in [-0.25, -0.2) is 0 Å². The first kappa shape index (κ1) is 13.4. The van der Waals surface area contributed by atoms with E-state index in [0.29, 0.717) is 11.1 Å². The fourth-order valence-electron chi connectivity index (χ4n) is 2.12. The van der Waals surface area contributed by atoms with Gasteiger partial charge in [0.2, 0.25) is 0 Å². The van der Waals surface area contributed by atoms with E-state index >= 15 is 0 Å². The van der Waals surface area contributed by atoms with Crippen LogP contribution in [0.4, 0.5) is 5.69 Å². The molecular formula is C15H9Br2NO2. The second-order valence-electron chi connectivity index (χ2n) is 4.38. The number of hydrogen-bond acceptors (Lipinski definition) is 2. The van der Waals surface area contributed by atoms with Gasteiger partial charge in [-0.3, -0.25) is 4.79 Å². The zero-order chi connectivity index (χ0) is 14.3. The summed E-state index contributed by atoms with van der Waals surface area (Å²) in [6, 6.07) is 10.7. The molecule has 2 N–H and O–H groups in total. The van der Waals surface area contributed by atoms with Crippen molar-refractivity contribution in [1.29, 1.82) is 0 Å². The molecule has 20 heavy (non-hydrogen) atoms. The van der Waals surface area contributed by atoms with Crippen LogP contribution in [0.3, 0.4) is 0 Å². The molecule has 0 fully saturated rings. The molecule has 2 aromatic rings. The van der Waals surface area contributed by atoms with E-state index in [2.05, 4.69) is 37.2 Å². The van der Waals surface area contributed by atoms with Crippen LogP contribution in [0, 0.1) is 0 Å². The maximum Gasteiger partial charge on any atom is 0.256 e. The summed E-state index contributed by atoms with van der Waals surface area (Å²) in [5.74, 6) is -0.0302. The number of fused-ring (bicyclic) bond motifs is 1. The molecule has 3 nitrogen and oxygen atoms in total. The summed E-state index contributed by atoms with van der Waals surface area (Å²) in [6.07, 6.45) is 1.69. The predicted octanol–water partition coefficient (Wildman–Crippen LogP) is 4.41. The van der Waals surface area contributed by atoms with E-state index in [9.17, 15) is 9.90 Å². The quantitative estimate of drug-likeness (QED) is 0.704. The van der Waals surface area contributed by atoms with Gasteiger partial charge in [-0.1, -0.05) is 34.1 Å². The van der Waals surface area contributed by atoms with Gasteiger partial charge in [-0.05, 0) is 40.2 Å². The third-order valence-electron chi connectivity index (χ3n) is 3.06. The molecule has 1 amide bonds. The Morgan fingerprint density at radius 2 is 1.90 bits per heavy atom. The fourth-order valence-corrected chi connectivity index (χ4v) is 3.45. The lowest BCUT2D eigenvalue weighted by molar-refractivity contribution is -0.110. The number of carbonyl (C=O) groups excluding carboxylic acids is 1. The average Bonchev–Trinajstić information content (AvgIpc) is 2.70. The van der Waals surface area contributed by atoms with Crippen LogP contribution in [0.15, 0.2) is 45.3 Å². The fraction of sp³-hybridized carbons (Fsp3) is 0. The van der Waals surface area contributed by atoms with Gasteiger partial charge in [0.05, 0.1) is 5.69 Å². The van der Waals surface area contributed by atoms with Crippen molar-refractivity contribution in [1.82, 2.24) is 0 Å². The second-order valence-corrected chi connectivity index (χ2v) is 6.15. The smallest absolute Gasteiger partial charge is 0.256 e. The van der Waals surface area contributed by atoms with Crippen LogP contribution in [0.25, 0.3) is 11.6 Å². The highest BCUT2D eigenvalue weighted by molar-refractivity contribution is 9.11. The molecule has 1 aliphatic rings. The zero-order valence-electron chi connectivity index (χ0n) is 10.2. The number of para-hydroxylation sites is 1. The van der Waals surface area contributed by atoms with Crippen molar-refractivity contribution >= 4 is 55.1 Å². The second kappa shape index (κ2) is 5.07. The van der Waals surface area contributed by atoms with Crippen molar-refractivity contribution in [2.24, 2.45) is 0 Å². The summed E-state index contributed by atoms with van der Waals surface area (Å²) < 4.78 is 1.69. The maximum absolute atomic E-state index is 12.1. The first-order chi connectivity index (χ1) is 9.56. The van der Waals surface area contributed by atoms with Crippen LogP contribution in [-0.4, -0.2) is 11.0 Å². The highest BCUT2D eigenvalue weighted by atomic mass is 79.9. The van der Waals surface area contributed by atoms with Gasteiger partial charge < -0.3 is 10.4 Å². The molecule has 0 aromatic heterocycles. The summed E-state index contributed by atoms with van der Waals surface area (Å²) in [6.45, 7) is 0. The molecule has 1 heterocycles. The van der Waals surface area contributed by atoms with E-state index in [1.807, 2.05) is 18.2 Å². The van der Waals surface area contributed by atoms with Gasteiger partial charge in [-0.15, -0.1) is 0 Å². The van der Waals surface area contributed by atoms with E-state index in [0.717, 1.165) is 20.2 Å². The summed E-state index contributed by atoms with van der Waals surface area (Å²) in [5.41, 5.74) is 2.70. The molecule has 1 aliphatic heterocycles. The van der Waals surface area contributed by atoms with E-state index < -0.39 is 0 Å². The van der Waals surface area contributed by atoms with E-state index in [1.165, 1.54) is 0 Å². The number of rotatable bonds is 1. The SMILES string of the molecule is O=C1Nc2c(Br)cc(Br)cc2C1=Cc1ccccc1O. The number of nitrogens with one attached hydrogen (secondary N) is 1. The molecule has 0 atom stereocenters. The van der Waals surface area contributed by atoms with Gasteiger partial charge in [0, 0.05) is 25.6 Å². The minimum absolute atomic E-state index is 0.148. The molecule has 0 spiro atoms. The van der Waals surface area contributed by atoms with Gasteiger partial charge in [0.25, 0.3) is 5.91 Å². The van der Waals surface area contributed by atoms with Crippen molar-refractivity contribution in [2.75, 3.05) is 5.32 Å². The topological polar surface area (TPSA) is 49.3 Å². The normalized spacial score (nSPS) is 15.3.